The summed E-state index contributed by atoms with van der Waals surface area (Å²) in [7, 11) is -1.17. The number of pyridine rings is 2. The zero-order valence-electron chi connectivity index (χ0n) is 26.8. The zero-order chi connectivity index (χ0) is 33.3. The van der Waals surface area contributed by atoms with Gasteiger partial charge in [0.25, 0.3) is 12.3 Å². The molecular weight excluding hydrogens is 642 g/mol. The molecule has 4 aromatic heterocycles. The number of nitrogens with one attached hydrogen (secondary N) is 1. The maximum Gasteiger partial charge on any atom is 0.333 e. The van der Waals surface area contributed by atoms with Crippen molar-refractivity contribution in [3.63, 3.8) is 0 Å². The van der Waals surface area contributed by atoms with Gasteiger partial charge in [0, 0.05) is 45.0 Å². The van der Waals surface area contributed by atoms with Crippen molar-refractivity contribution in [2.24, 2.45) is 5.92 Å². The van der Waals surface area contributed by atoms with Crippen molar-refractivity contribution in [2.45, 2.75) is 77.1 Å². The minimum atomic E-state index is -2.88. The summed E-state index contributed by atoms with van der Waals surface area (Å²) in [5.74, 6) is -0.395. The van der Waals surface area contributed by atoms with Gasteiger partial charge in [-0.15, -0.1) is 0 Å². The predicted octanol–water partition coefficient (Wildman–Crippen LogP) is 7.43. The highest BCUT2D eigenvalue weighted by Crippen LogP contribution is 2.29. The average Bonchev–Trinajstić information content (AvgIpc) is 3.56. The van der Waals surface area contributed by atoms with E-state index in [4.69, 9.17) is 21.3 Å². The van der Waals surface area contributed by atoms with E-state index >= 15 is 0 Å². The smallest absolute Gasteiger partial charge is 0.333 e. The number of para-hydroxylation sites is 2. The second-order valence-electron chi connectivity index (χ2n) is 13.5. The summed E-state index contributed by atoms with van der Waals surface area (Å²) in [6.45, 7) is 8.67. The van der Waals surface area contributed by atoms with Crippen LogP contribution in [0.5, 0.6) is 0 Å². The number of ether oxygens (including phenoxy) is 1. The van der Waals surface area contributed by atoms with Crippen LogP contribution in [0.25, 0.3) is 27.8 Å². The monoisotopic (exact) mass is 680 g/mol. The Bertz CT molecular complexity index is 1960. The molecule has 47 heavy (non-hydrogen) atoms. The molecule has 0 aliphatic heterocycles. The third-order valence-corrected chi connectivity index (χ3v) is 10.8. The predicted molar refractivity (Wildman–Crippen MR) is 182 cm³/mol. The fourth-order valence-electron chi connectivity index (χ4n) is 6.28. The largest absolute Gasteiger partial charge is 0.361 e. The molecule has 1 aliphatic carbocycles. The Kier molecular flexibility index (Phi) is 9.63. The Morgan fingerprint density at radius 1 is 1.06 bits per heavy atom. The summed E-state index contributed by atoms with van der Waals surface area (Å²) in [5, 5.41) is 3.94. The first-order chi connectivity index (χ1) is 22.5. The maximum absolute atomic E-state index is 14.0. The minimum absolute atomic E-state index is 0.125. The quantitative estimate of drug-likeness (QED) is 0.116. The number of carbonyl (C=O) groups excluding carboxylic acids is 1. The van der Waals surface area contributed by atoms with E-state index in [1.807, 2.05) is 51.7 Å². The molecule has 1 fully saturated rings. The number of carbonyl (C=O) groups is 1. The second-order valence-corrected chi connectivity index (χ2v) is 19.6. The fraction of sp³-hybridized carbons (Fsp3) is 0.412. The van der Waals surface area contributed by atoms with Crippen molar-refractivity contribution < 1.29 is 18.3 Å². The molecule has 5 aromatic rings. The Balaban J connectivity index is 1.15. The Morgan fingerprint density at radius 2 is 1.81 bits per heavy atom. The van der Waals surface area contributed by atoms with Gasteiger partial charge >= 0.3 is 5.69 Å². The third kappa shape index (κ3) is 7.34. The van der Waals surface area contributed by atoms with Crippen molar-refractivity contribution in [1.29, 1.82) is 0 Å². The van der Waals surface area contributed by atoms with Crippen LogP contribution in [0.1, 0.15) is 48.2 Å². The normalized spacial score (nSPS) is 17.2. The van der Waals surface area contributed by atoms with Crippen LogP contribution in [0, 0.1) is 5.92 Å². The van der Waals surface area contributed by atoms with E-state index < -0.39 is 26.1 Å². The van der Waals surface area contributed by atoms with Crippen LogP contribution in [0.2, 0.25) is 30.7 Å². The van der Waals surface area contributed by atoms with Gasteiger partial charge in [-0.05, 0) is 68.0 Å². The molecule has 0 bridgehead atoms. The first-order valence-corrected chi connectivity index (χ1v) is 20.0. The first-order valence-electron chi connectivity index (χ1n) is 16.0. The van der Waals surface area contributed by atoms with Gasteiger partial charge in [0.1, 0.15) is 18.1 Å². The first kappa shape index (κ1) is 33.0. The molecule has 0 unspecified atom stereocenters. The highest BCUT2D eigenvalue weighted by atomic mass is 35.5. The van der Waals surface area contributed by atoms with E-state index in [-0.39, 0.29) is 28.2 Å². The molecule has 0 radical (unpaired) electrons. The van der Waals surface area contributed by atoms with Crippen molar-refractivity contribution in [3.8, 4) is 5.69 Å². The van der Waals surface area contributed by atoms with E-state index in [9.17, 15) is 18.4 Å². The number of imidazole rings is 1. The van der Waals surface area contributed by atoms with Crippen LogP contribution in [0.15, 0.2) is 65.8 Å². The van der Waals surface area contributed by atoms with Crippen LogP contribution in [-0.2, 0) is 18.0 Å². The van der Waals surface area contributed by atoms with Crippen LogP contribution < -0.4 is 11.0 Å². The number of benzene rings is 1. The van der Waals surface area contributed by atoms with Crippen LogP contribution in [0.4, 0.5) is 8.78 Å². The van der Waals surface area contributed by atoms with Crippen molar-refractivity contribution in [2.75, 3.05) is 6.61 Å². The summed E-state index contributed by atoms with van der Waals surface area (Å²) in [5.41, 5.74) is 2.23. The van der Waals surface area contributed by atoms with Crippen LogP contribution in [0.3, 0.4) is 0 Å². The molecule has 13 heteroatoms. The number of amides is 1. The number of nitrogens with zero attached hydrogens (tertiary/aromatic N) is 5. The Morgan fingerprint density at radius 3 is 2.53 bits per heavy atom. The standard InChI is InChI=1S/C34H39ClF2N6O3Si/c1-47(2,3)15-14-46-21-41-13-12-23-16-26(19-39-32(23)41)43-29-7-5-4-6-28(29)42(34(43)45)20-22-8-10-25(11-9-22)40-33(44)27-17-24(35)18-38-30(27)31(36)37/h4-7,12-13,16-19,22,25,31H,8-11,14-15,20-21H2,1-3H3,(H,40,44). The SMILES string of the molecule is C[Si](C)(C)CCOCn1ccc2cc(-n3c(=O)n(CC4CCC(NC(=O)c5cc(Cl)cnc5C(F)F)CC4)c4ccccc43)cnc21. The maximum atomic E-state index is 14.0. The number of hydrogen-bond acceptors (Lipinski definition) is 5. The van der Waals surface area contributed by atoms with Gasteiger partial charge in [0.2, 0.25) is 0 Å². The molecule has 1 saturated carbocycles. The number of rotatable bonds is 11. The lowest BCUT2D eigenvalue weighted by Crippen LogP contribution is -2.39. The number of aromatic nitrogens is 5. The van der Waals surface area contributed by atoms with E-state index in [1.165, 1.54) is 6.07 Å². The molecular formula is C34H39ClF2N6O3Si. The topological polar surface area (TPSA) is 96.0 Å². The lowest BCUT2D eigenvalue weighted by Gasteiger charge is -2.29. The van der Waals surface area contributed by atoms with Crippen molar-refractivity contribution in [1.82, 2.24) is 29.0 Å². The van der Waals surface area contributed by atoms with Gasteiger partial charge in [0.15, 0.2) is 0 Å². The molecule has 6 rings (SSSR count). The highest BCUT2D eigenvalue weighted by Gasteiger charge is 2.27. The lowest BCUT2D eigenvalue weighted by atomic mass is 9.85. The van der Waals surface area contributed by atoms with Gasteiger partial charge in [-0.25, -0.2) is 18.6 Å². The molecule has 248 valence electrons. The zero-order valence-corrected chi connectivity index (χ0v) is 28.5. The Hall–Kier alpha value is -3.87. The van der Waals surface area contributed by atoms with E-state index in [0.29, 0.717) is 31.8 Å². The average molecular weight is 681 g/mol. The van der Waals surface area contributed by atoms with Crippen LogP contribution >= 0.6 is 11.6 Å². The van der Waals surface area contributed by atoms with Gasteiger partial charge in [0.05, 0.1) is 33.5 Å². The fourth-order valence-corrected chi connectivity index (χ4v) is 7.20. The van der Waals surface area contributed by atoms with Crippen molar-refractivity contribution in [3.05, 3.63) is 87.8 Å². The second kappa shape index (κ2) is 13.7. The van der Waals surface area contributed by atoms with Crippen LogP contribution in [-0.4, -0.2) is 50.3 Å². The molecule has 1 N–H and O–H groups in total. The summed E-state index contributed by atoms with van der Waals surface area (Å²) in [4.78, 5) is 35.2. The molecule has 0 spiro atoms. The highest BCUT2D eigenvalue weighted by molar-refractivity contribution is 6.76. The molecule has 0 saturated heterocycles. The summed E-state index contributed by atoms with van der Waals surface area (Å²) in [6.07, 6.45) is 4.81. The molecule has 1 amide bonds. The Labute approximate surface area is 277 Å². The van der Waals surface area contributed by atoms with Gasteiger partial charge in [-0.2, -0.15) is 0 Å². The van der Waals surface area contributed by atoms with E-state index in [0.717, 1.165) is 53.8 Å². The number of alkyl halides is 2. The van der Waals surface area contributed by atoms with Gasteiger partial charge in [-0.1, -0.05) is 43.4 Å². The summed E-state index contributed by atoms with van der Waals surface area (Å²) >= 11 is 5.93. The molecule has 1 aliphatic rings. The summed E-state index contributed by atoms with van der Waals surface area (Å²) in [6, 6.07) is 13.9. The van der Waals surface area contributed by atoms with Gasteiger partial charge in [-0.3, -0.25) is 18.9 Å². The number of hydrogen-bond donors (Lipinski definition) is 1. The number of fused-ring (bicyclic) bond motifs is 2. The lowest BCUT2D eigenvalue weighted by molar-refractivity contribution is 0.0898. The van der Waals surface area contributed by atoms with E-state index in [2.05, 4.69) is 29.9 Å². The van der Waals surface area contributed by atoms with E-state index in [1.54, 1.807) is 10.8 Å². The molecule has 0 atom stereocenters. The summed E-state index contributed by atoms with van der Waals surface area (Å²) < 4.78 is 38.3. The molecule has 1 aromatic carbocycles. The number of halogens is 3. The van der Waals surface area contributed by atoms with Crippen molar-refractivity contribution >= 4 is 47.6 Å². The minimum Gasteiger partial charge on any atom is -0.361 e. The molecule has 4 heterocycles. The third-order valence-electron chi connectivity index (χ3n) is 8.87. The molecule has 9 nitrogen and oxygen atoms in total. The van der Waals surface area contributed by atoms with Gasteiger partial charge < -0.3 is 14.6 Å².